The van der Waals surface area contributed by atoms with E-state index in [4.69, 9.17) is 19.9 Å². The van der Waals surface area contributed by atoms with Gasteiger partial charge in [-0.25, -0.2) is 15.0 Å². The van der Waals surface area contributed by atoms with Gasteiger partial charge in [0.1, 0.15) is 24.0 Å². The van der Waals surface area contributed by atoms with E-state index in [0.717, 1.165) is 26.9 Å². The number of hydrogen-bond acceptors (Lipinski definition) is 10. The van der Waals surface area contributed by atoms with Gasteiger partial charge in [0.05, 0.1) is 52.5 Å². The Morgan fingerprint density at radius 3 is 2.85 bits per heavy atom. The third-order valence-corrected chi connectivity index (χ3v) is 6.04. The summed E-state index contributed by atoms with van der Waals surface area (Å²) in [7, 11) is 3.20. The van der Waals surface area contributed by atoms with Gasteiger partial charge in [0, 0.05) is 18.9 Å². The third kappa shape index (κ3) is 4.18. The number of fused-ring (bicyclic) bond motifs is 2. The van der Waals surface area contributed by atoms with Crippen LogP contribution in [0.5, 0.6) is 5.75 Å². The molecule has 3 N–H and O–H groups in total. The number of rotatable bonds is 7. The zero-order chi connectivity index (χ0) is 22.8. The Morgan fingerprint density at radius 2 is 2.09 bits per heavy atom. The zero-order valence-electron chi connectivity index (χ0n) is 18.1. The van der Waals surface area contributed by atoms with E-state index in [-0.39, 0.29) is 12.0 Å². The van der Waals surface area contributed by atoms with Crippen LogP contribution in [0.2, 0.25) is 0 Å². The summed E-state index contributed by atoms with van der Waals surface area (Å²) in [5.41, 5.74) is 11.9. The summed E-state index contributed by atoms with van der Waals surface area (Å²) < 4.78 is 17.9. The van der Waals surface area contributed by atoms with Crippen LogP contribution < -0.4 is 15.8 Å². The monoisotopic (exact) mass is 462 g/mol. The van der Waals surface area contributed by atoms with Crippen LogP contribution >= 0.6 is 11.3 Å². The molecule has 0 bridgehead atoms. The maximum Gasteiger partial charge on any atom is 0.193 e. The average Bonchev–Trinajstić information content (AvgIpc) is 3.27. The number of nitrogens with one attached hydrogen (secondary N) is 1. The molecule has 4 aromatic rings. The van der Waals surface area contributed by atoms with Crippen molar-refractivity contribution in [1.82, 2.24) is 15.0 Å². The van der Waals surface area contributed by atoms with Crippen molar-refractivity contribution in [3.05, 3.63) is 53.6 Å². The first-order chi connectivity index (χ1) is 16.2. The van der Waals surface area contributed by atoms with Crippen molar-refractivity contribution in [3.8, 4) is 5.75 Å². The molecular formula is C23H22N6O3S. The quantitative estimate of drug-likeness (QED) is 0.315. The normalized spacial score (nSPS) is 15.0. The van der Waals surface area contributed by atoms with Gasteiger partial charge in [-0.05, 0) is 35.9 Å². The van der Waals surface area contributed by atoms with Gasteiger partial charge in [-0.2, -0.15) is 0 Å². The fourth-order valence-electron chi connectivity index (χ4n) is 3.55. The number of hydrogen-bond donors (Lipinski definition) is 2. The first-order valence-electron chi connectivity index (χ1n) is 10.3. The number of anilines is 2. The molecule has 33 heavy (non-hydrogen) atoms. The topological polar surface area (TPSA) is 117 Å². The van der Waals surface area contributed by atoms with Crippen molar-refractivity contribution in [3.63, 3.8) is 0 Å². The molecule has 0 aliphatic carbocycles. The van der Waals surface area contributed by atoms with Crippen molar-refractivity contribution in [2.45, 2.75) is 6.10 Å². The second kappa shape index (κ2) is 9.00. The molecule has 1 aliphatic rings. The number of nitrogens with two attached hydrogens (primary N) is 1. The Morgan fingerprint density at radius 1 is 1.21 bits per heavy atom. The van der Waals surface area contributed by atoms with Crippen molar-refractivity contribution in [2.24, 2.45) is 10.7 Å². The molecule has 5 rings (SSSR count). The van der Waals surface area contributed by atoms with Crippen LogP contribution in [0, 0.1) is 0 Å². The summed E-state index contributed by atoms with van der Waals surface area (Å²) in [4.78, 5) is 17.5. The van der Waals surface area contributed by atoms with Crippen LogP contribution in [0.25, 0.3) is 26.7 Å². The van der Waals surface area contributed by atoms with Gasteiger partial charge in [0.25, 0.3) is 0 Å². The average molecular weight is 463 g/mol. The van der Waals surface area contributed by atoms with Crippen LogP contribution in [0.1, 0.15) is 5.56 Å². The molecule has 1 aliphatic heterocycles. The molecular weight excluding hydrogens is 440 g/mol. The summed E-state index contributed by atoms with van der Waals surface area (Å²) in [5, 5.41) is 4.18. The van der Waals surface area contributed by atoms with Crippen LogP contribution in [0.15, 0.2) is 53.0 Å². The van der Waals surface area contributed by atoms with Crippen molar-refractivity contribution < 1.29 is 14.2 Å². The van der Waals surface area contributed by atoms with Crippen LogP contribution in [0.4, 0.5) is 11.5 Å². The van der Waals surface area contributed by atoms with Crippen LogP contribution in [-0.2, 0) is 9.47 Å². The minimum atomic E-state index is -0.0444. The number of aliphatic imine (C=N–C) groups is 1. The molecule has 168 valence electrons. The Balaban J connectivity index is 1.64. The molecule has 9 nitrogen and oxygen atoms in total. The molecule has 0 unspecified atom stereocenters. The summed E-state index contributed by atoms with van der Waals surface area (Å²) in [6, 6.07) is 9.83. The van der Waals surface area contributed by atoms with Gasteiger partial charge in [0.2, 0.25) is 0 Å². The summed E-state index contributed by atoms with van der Waals surface area (Å²) >= 11 is 1.59. The lowest BCUT2D eigenvalue weighted by molar-refractivity contribution is -0.0791. The number of methoxy groups -OCH3 is 1. The number of thiazole rings is 1. The van der Waals surface area contributed by atoms with E-state index >= 15 is 0 Å². The lowest BCUT2D eigenvalue weighted by Gasteiger charge is -2.28. The molecule has 3 heterocycles. The highest BCUT2D eigenvalue weighted by Crippen LogP contribution is 2.36. The van der Waals surface area contributed by atoms with E-state index in [0.29, 0.717) is 35.9 Å². The van der Waals surface area contributed by atoms with Gasteiger partial charge in [-0.3, -0.25) is 4.99 Å². The van der Waals surface area contributed by atoms with E-state index in [9.17, 15) is 0 Å². The van der Waals surface area contributed by atoms with Gasteiger partial charge in [-0.1, -0.05) is 0 Å². The highest BCUT2D eigenvalue weighted by molar-refractivity contribution is 7.16. The third-order valence-electron chi connectivity index (χ3n) is 5.25. The summed E-state index contributed by atoms with van der Waals surface area (Å²) in [6.07, 6.45) is 3.13. The lowest BCUT2D eigenvalue weighted by Crippen LogP contribution is -2.38. The molecule has 1 fully saturated rings. The molecule has 0 atom stereocenters. The molecule has 0 spiro atoms. The lowest BCUT2D eigenvalue weighted by atomic mass is 10.0. The summed E-state index contributed by atoms with van der Waals surface area (Å²) in [6.45, 7) is 1.06. The predicted octanol–water partition coefficient (Wildman–Crippen LogP) is 3.74. The Hall–Kier alpha value is -3.76. The second-order valence-corrected chi connectivity index (χ2v) is 8.28. The molecule has 0 saturated carbocycles. The highest BCUT2D eigenvalue weighted by atomic mass is 32.1. The fraction of sp³-hybridized carbons (Fsp3) is 0.217. The number of ether oxygens (including phenoxy) is 3. The number of benzene rings is 2. The minimum absolute atomic E-state index is 0.0444. The first-order valence-corrected chi connectivity index (χ1v) is 11.1. The predicted molar refractivity (Wildman–Crippen MR) is 130 cm³/mol. The van der Waals surface area contributed by atoms with E-state index in [2.05, 4.69) is 25.3 Å². The fourth-order valence-corrected chi connectivity index (χ4v) is 4.26. The van der Waals surface area contributed by atoms with Crippen LogP contribution in [0.3, 0.4) is 0 Å². The maximum atomic E-state index is 6.28. The van der Waals surface area contributed by atoms with Gasteiger partial charge >= 0.3 is 0 Å². The highest BCUT2D eigenvalue weighted by Gasteiger charge is 2.23. The van der Waals surface area contributed by atoms with Gasteiger partial charge < -0.3 is 25.3 Å². The van der Waals surface area contributed by atoms with Gasteiger partial charge in [0.15, 0.2) is 5.88 Å². The van der Waals surface area contributed by atoms with E-state index in [1.165, 1.54) is 13.4 Å². The smallest absolute Gasteiger partial charge is 0.193 e. The standard InChI is InChI=1S/C23H22N6O3S/c1-25-8-16(22(24)30-2)13-5-18-21(19(6-13)32-15-9-31-10-15)23(27-11-26-18)29-14-3-4-17-20(7-14)33-12-28-17/h3-8,11-12,15H,9-10,24H2,1-2H3,(H,26,27,29)/b22-16-,25-8?. The van der Waals surface area contributed by atoms with Crippen LogP contribution in [-0.4, -0.2) is 54.6 Å². The molecule has 2 aromatic heterocycles. The largest absolute Gasteiger partial charge is 0.485 e. The van der Waals surface area contributed by atoms with Gasteiger partial charge in [-0.15, -0.1) is 11.3 Å². The SMILES string of the molecule is CN=C/C(=C(\N)OC)c1cc(OC2COC2)c2c(Nc3ccc4ncsc4c3)ncnc2c1. The van der Waals surface area contributed by atoms with E-state index < -0.39 is 0 Å². The van der Waals surface area contributed by atoms with Crippen molar-refractivity contribution in [1.29, 1.82) is 0 Å². The molecule has 0 amide bonds. The first kappa shape index (κ1) is 21.1. The van der Waals surface area contributed by atoms with E-state index in [1.807, 2.05) is 35.8 Å². The second-order valence-electron chi connectivity index (χ2n) is 7.40. The van der Waals surface area contributed by atoms with Crippen molar-refractivity contribution in [2.75, 3.05) is 32.7 Å². The van der Waals surface area contributed by atoms with Crippen molar-refractivity contribution >= 4 is 55.7 Å². The zero-order valence-corrected chi connectivity index (χ0v) is 18.9. The summed E-state index contributed by atoms with van der Waals surface area (Å²) in [5.74, 6) is 1.52. The molecule has 2 aromatic carbocycles. The molecule has 10 heteroatoms. The number of allylic oxidation sites excluding steroid dienone is 1. The Bertz CT molecular complexity index is 1380. The van der Waals surface area contributed by atoms with E-state index in [1.54, 1.807) is 24.6 Å². The molecule has 1 saturated heterocycles. The number of aromatic nitrogens is 3. The molecule has 0 radical (unpaired) electrons. The minimum Gasteiger partial charge on any atom is -0.485 e. The maximum absolute atomic E-state index is 6.28. The Kier molecular flexibility index (Phi) is 5.76. The number of nitrogens with zero attached hydrogens (tertiary/aromatic N) is 4. The Labute approximate surface area is 194 Å².